The first-order chi connectivity index (χ1) is 10.2. The fourth-order valence-corrected chi connectivity index (χ4v) is 2.37. The molecule has 3 heteroatoms. The minimum atomic E-state index is 0.190. The van der Waals surface area contributed by atoms with E-state index in [4.69, 9.17) is 9.84 Å². The van der Waals surface area contributed by atoms with Crippen LogP contribution in [0.3, 0.4) is 0 Å². The first-order valence-corrected chi connectivity index (χ1v) is 7.24. The van der Waals surface area contributed by atoms with Gasteiger partial charge in [0, 0.05) is 12.6 Å². The second-order valence-corrected chi connectivity index (χ2v) is 5.34. The predicted octanol–water partition coefficient (Wildman–Crippen LogP) is 3.25. The lowest BCUT2D eigenvalue weighted by Crippen LogP contribution is -2.20. The van der Waals surface area contributed by atoms with Gasteiger partial charge >= 0.3 is 0 Å². The molecular formula is C18H23NO2. The maximum absolute atomic E-state index is 9.16. The molecule has 2 aromatic rings. The Morgan fingerprint density at radius 1 is 1.00 bits per heavy atom. The smallest absolute Gasteiger partial charge is 0.119 e. The van der Waals surface area contributed by atoms with Crippen LogP contribution in [0.5, 0.6) is 5.75 Å². The quantitative estimate of drug-likeness (QED) is 0.847. The zero-order chi connectivity index (χ0) is 15.1. The van der Waals surface area contributed by atoms with Gasteiger partial charge < -0.3 is 14.7 Å². The van der Waals surface area contributed by atoms with Crippen LogP contribution in [0, 0.1) is 0 Å². The number of rotatable bonds is 7. The average molecular weight is 285 g/mol. The summed E-state index contributed by atoms with van der Waals surface area (Å²) in [5.74, 6) is 0.865. The second-order valence-electron chi connectivity index (χ2n) is 5.34. The van der Waals surface area contributed by atoms with E-state index in [-0.39, 0.29) is 12.6 Å². The zero-order valence-electron chi connectivity index (χ0n) is 12.7. The molecule has 0 saturated carbocycles. The Bertz CT molecular complexity index is 523. The van der Waals surface area contributed by atoms with Crippen molar-refractivity contribution < 1.29 is 9.84 Å². The molecule has 0 spiro atoms. The lowest BCUT2D eigenvalue weighted by atomic mass is 10.0. The molecule has 0 aliphatic heterocycles. The summed E-state index contributed by atoms with van der Waals surface area (Å²) in [5.41, 5.74) is 2.36. The Kier molecular flexibility index (Phi) is 5.78. The molecule has 0 aliphatic rings. The summed E-state index contributed by atoms with van der Waals surface area (Å²) in [6.07, 6.45) is 0.733. The molecular weight excluding hydrogens is 262 g/mol. The topological polar surface area (TPSA) is 32.7 Å². The van der Waals surface area contributed by atoms with Crippen molar-refractivity contribution in [2.45, 2.75) is 19.1 Å². The molecule has 3 nitrogen and oxygen atoms in total. The van der Waals surface area contributed by atoms with Gasteiger partial charge in [0.1, 0.15) is 12.4 Å². The Balaban J connectivity index is 1.98. The van der Waals surface area contributed by atoms with Crippen LogP contribution >= 0.6 is 0 Å². The van der Waals surface area contributed by atoms with Gasteiger partial charge in [-0.15, -0.1) is 0 Å². The highest BCUT2D eigenvalue weighted by Crippen LogP contribution is 2.24. The van der Waals surface area contributed by atoms with E-state index in [1.165, 1.54) is 5.56 Å². The molecule has 0 saturated heterocycles. The SMILES string of the molecule is CN(C)C(CCO)c1ccc(OCc2ccccc2)cc1. The summed E-state index contributed by atoms with van der Waals surface area (Å²) in [7, 11) is 4.06. The summed E-state index contributed by atoms with van der Waals surface area (Å²) in [5, 5.41) is 9.16. The van der Waals surface area contributed by atoms with Crippen LogP contribution in [0.4, 0.5) is 0 Å². The molecule has 0 fully saturated rings. The van der Waals surface area contributed by atoms with E-state index in [0.717, 1.165) is 17.7 Å². The molecule has 0 radical (unpaired) electrons. The van der Waals surface area contributed by atoms with Crippen LogP contribution in [0.1, 0.15) is 23.6 Å². The van der Waals surface area contributed by atoms with Gasteiger partial charge in [-0.2, -0.15) is 0 Å². The Hall–Kier alpha value is -1.84. The van der Waals surface area contributed by atoms with Crippen molar-refractivity contribution >= 4 is 0 Å². The lowest BCUT2D eigenvalue weighted by molar-refractivity contribution is 0.210. The van der Waals surface area contributed by atoms with Crippen LogP contribution < -0.4 is 4.74 Å². The fraction of sp³-hybridized carbons (Fsp3) is 0.333. The summed E-state index contributed by atoms with van der Waals surface area (Å²) in [6.45, 7) is 0.767. The highest BCUT2D eigenvalue weighted by Gasteiger charge is 2.13. The molecule has 21 heavy (non-hydrogen) atoms. The number of hydrogen-bond acceptors (Lipinski definition) is 3. The normalized spacial score (nSPS) is 12.4. The van der Waals surface area contributed by atoms with Gasteiger partial charge in [0.15, 0.2) is 0 Å². The third-order valence-corrected chi connectivity index (χ3v) is 3.54. The van der Waals surface area contributed by atoms with E-state index < -0.39 is 0 Å². The van der Waals surface area contributed by atoms with Crippen molar-refractivity contribution in [3.05, 3.63) is 65.7 Å². The van der Waals surface area contributed by atoms with E-state index in [2.05, 4.69) is 29.2 Å². The van der Waals surface area contributed by atoms with Crippen molar-refractivity contribution in [1.82, 2.24) is 4.90 Å². The molecule has 0 heterocycles. The van der Waals surface area contributed by atoms with Crippen molar-refractivity contribution in [2.75, 3.05) is 20.7 Å². The molecule has 112 valence electrons. The highest BCUT2D eigenvalue weighted by atomic mass is 16.5. The van der Waals surface area contributed by atoms with Crippen molar-refractivity contribution in [1.29, 1.82) is 0 Å². The molecule has 2 rings (SSSR count). The monoisotopic (exact) mass is 285 g/mol. The third kappa shape index (κ3) is 4.59. The van der Waals surface area contributed by atoms with Gasteiger partial charge in [-0.1, -0.05) is 42.5 Å². The maximum Gasteiger partial charge on any atom is 0.119 e. The van der Waals surface area contributed by atoms with Crippen LogP contribution in [-0.2, 0) is 6.61 Å². The standard InChI is InChI=1S/C18H23NO2/c1-19(2)18(12-13-20)16-8-10-17(11-9-16)21-14-15-6-4-3-5-7-15/h3-11,18,20H,12-14H2,1-2H3. The maximum atomic E-state index is 9.16. The fourth-order valence-electron chi connectivity index (χ4n) is 2.37. The minimum Gasteiger partial charge on any atom is -0.489 e. The Labute approximate surface area is 126 Å². The van der Waals surface area contributed by atoms with Gasteiger partial charge in [-0.3, -0.25) is 0 Å². The summed E-state index contributed by atoms with van der Waals surface area (Å²) in [4.78, 5) is 2.12. The van der Waals surface area contributed by atoms with Crippen molar-refractivity contribution in [2.24, 2.45) is 0 Å². The largest absolute Gasteiger partial charge is 0.489 e. The summed E-state index contributed by atoms with van der Waals surface area (Å²) >= 11 is 0. The summed E-state index contributed by atoms with van der Waals surface area (Å²) < 4.78 is 5.78. The van der Waals surface area contributed by atoms with Crippen LogP contribution in [-0.4, -0.2) is 30.7 Å². The van der Waals surface area contributed by atoms with E-state index in [1.54, 1.807) is 0 Å². The lowest BCUT2D eigenvalue weighted by Gasteiger charge is -2.24. The first kappa shape index (κ1) is 15.5. The number of hydrogen-bond donors (Lipinski definition) is 1. The predicted molar refractivity (Wildman–Crippen MR) is 85.3 cm³/mol. The van der Waals surface area contributed by atoms with Crippen LogP contribution in [0.25, 0.3) is 0 Å². The highest BCUT2D eigenvalue weighted by molar-refractivity contribution is 5.29. The molecule has 0 aliphatic carbocycles. The molecule has 2 aromatic carbocycles. The molecule has 1 N–H and O–H groups in total. The molecule has 0 aromatic heterocycles. The zero-order valence-corrected chi connectivity index (χ0v) is 12.7. The number of nitrogens with zero attached hydrogens (tertiary/aromatic N) is 1. The molecule has 1 atom stereocenters. The average Bonchev–Trinajstić information content (AvgIpc) is 2.52. The number of ether oxygens (including phenoxy) is 1. The molecule has 1 unspecified atom stereocenters. The van der Waals surface area contributed by atoms with Crippen LogP contribution in [0.15, 0.2) is 54.6 Å². The number of aliphatic hydroxyl groups is 1. The van der Waals surface area contributed by atoms with Crippen LogP contribution in [0.2, 0.25) is 0 Å². The van der Waals surface area contributed by atoms with Gasteiger partial charge in [0.2, 0.25) is 0 Å². The number of aliphatic hydroxyl groups excluding tert-OH is 1. The molecule has 0 bridgehead atoms. The van der Waals surface area contributed by atoms with Crippen molar-refractivity contribution in [3.8, 4) is 5.75 Å². The van der Waals surface area contributed by atoms with E-state index >= 15 is 0 Å². The molecule has 0 amide bonds. The van der Waals surface area contributed by atoms with Gasteiger partial charge in [0.25, 0.3) is 0 Å². The number of benzene rings is 2. The Morgan fingerprint density at radius 3 is 2.24 bits per heavy atom. The van der Waals surface area contributed by atoms with E-state index in [1.807, 2.05) is 44.4 Å². The van der Waals surface area contributed by atoms with E-state index in [9.17, 15) is 0 Å². The minimum absolute atomic E-state index is 0.190. The van der Waals surface area contributed by atoms with Gasteiger partial charge in [0.05, 0.1) is 0 Å². The van der Waals surface area contributed by atoms with Crippen molar-refractivity contribution in [3.63, 3.8) is 0 Å². The Morgan fingerprint density at radius 2 is 1.67 bits per heavy atom. The van der Waals surface area contributed by atoms with Gasteiger partial charge in [-0.05, 0) is 43.8 Å². The summed E-state index contributed by atoms with van der Waals surface area (Å²) in [6, 6.07) is 18.5. The first-order valence-electron chi connectivity index (χ1n) is 7.24. The van der Waals surface area contributed by atoms with Gasteiger partial charge in [-0.25, -0.2) is 0 Å². The van der Waals surface area contributed by atoms with E-state index in [0.29, 0.717) is 6.61 Å². The third-order valence-electron chi connectivity index (χ3n) is 3.54. The second kappa shape index (κ2) is 7.81.